The minimum Gasteiger partial charge on any atom is -0.445 e. The smallest absolute Gasteiger partial charge is 0.407 e. The summed E-state index contributed by atoms with van der Waals surface area (Å²) in [6, 6.07) is 13.5. The Morgan fingerprint density at radius 2 is 1.96 bits per heavy atom. The van der Waals surface area contributed by atoms with E-state index in [0.717, 1.165) is 5.56 Å². The molecule has 0 aliphatic carbocycles. The Labute approximate surface area is 139 Å². The predicted molar refractivity (Wildman–Crippen MR) is 87.9 cm³/mol. The number of aldehydes is 1. The van der Waals surface area contributed by atoms with Crippen molar-refractivity contribution in [3.8, 4) is 11.8 Å². The van der Waals surface area contributed by atoms with E-state index < -0.39 is 11.9 Å². The third-order valence-corrected chi connectivity index (χ3v) is 3.12. The largest absolute Gasteiger partial charge is 0.445 e. The number of rotatable bonds is 5. The molecule has 0 heterocycles. The summed E-state index contributed by atoms with van der Waals surface area (Å²) in [5.41, 5.74) is 1.17. The quantitative estimate of drug-likeness (QED) is 0.521. The Hall–Kier alpha value is -3.13. The summed E-state index contributed by atoms with van der Waals surface area (Å²) in [6.45, 7) is 0.460. The molecular formula is C19H16FNO3. The molecule has 5 heteroatoms. The predicted octanol–water partition coefficient (Wildman–Crippen LogP) is 3.31. The fourth-order valence-corrected chi connectivity index (χ4v) is 1.92. The highest BCUT2D eigenvalue weighted by Gasteiger charge is 2.04. The van der Waals surface area contributed by atoms with Crippen LogP contribution in [-0.4, -0.2) is 18.9 Å². The van der Waals surface area contributed by atoms with Gasteiger partial charge >= 0.3 is 6.09 Å². The maximum absolute atomic E-state index is 13.6. The van der Waals surface area contributed by atoms with Crippen LogP contribution < -0.4 is 5.32 Å². The number of amides is 1. The van der Waals surface area contributed by atoms with Gasteiger partial charge in [-0.2, -0.15) is 0 Å². The molecule has 4 nitrogen and oxygen atoms in total. The molecule has 2 aromatic rings. The molecule has 0 saturated carbocycles. The Morgan fingerprint density at radius 1 is 1.17 bits per heavy atom. The number of hydrogen-bond acceptors (Lipinski definition) is 3. The van der Waals surface area contributed by atoms with E-state index in [1.54, 1.807) is 0 Å². The van der Waals surface area contributed by atoms with Crippen LogP contribution in [0.3, 0.4) is 0 Å². The second-order valence-corrected chi connectivity index (χ2v) is 4.86. The first-order valence-corrected chi connectivity index (χ1v) is 7.38. The lowest BCUT2D eigenvalue weighted by molar-refractivity contribution is 0.112. The number of ether oxygens (including phenoxy) is 1. The maximum Gasteiger partial charge on any atom is 0.407 e. The van der Waals surface area contributed by atoms with Crippen LogP contribution in [0.1, 0.15) is 27.9 Å². The molecule has 0 radical (unpaired) electrons. The Bertz CT molecular complexity index is 763. The lowest BCUT2D eigenvalue weighted by Crippen LogP contribution is -2.24. The summed E-state index contributed by atoms with van der Waals surface area (Å²) in [5, 5.41) is 2.56. The molecule has 0 aliphatic heterocycles. The normalized spacial score (nSPS) is 9.54. The Kier molecular flexibility index (Phi) is 6.54. The first kappa shape index (κ1) is 17.2. The van der Waals surface area contributed by atoms with Crippen molar-refractivity contribution >= 4 is 12.4 Å². The molecule has 0 fully saturated rings. The van der Waals surface area contributed by atoms with Gasteiger partial charge in [0.05, 0.1) is 5.56 Å². The van der Waals surface area contributed by atoms with Crippen LogP contribution in [0.2, 0.25) is 0 Å². The summed E-state index contributed by atoms with van der Waals surface area (Å²) < 4.78 is 18.6. The molecule has 0 unspecified atom stereocenters. The van der Waals surface area contributed by atoms with E-state index in [1.807, 2.05) is 30.3 Å². The number of halogens is 1. The van der Waals surface area contributed by atoms with E-state index >= 15 is 0 Å². The summed E-state index contributed by atoms with van der Waals surface area (Å²) in [7, 11) is 0. The Balaban J connectivity index is 1.76. The number of benzene rings is 2. The van der Waals surface area contributed by atoms with Crippen LogP contribution >= 0.6 is 0 Å². The lowest BCUT2D eigenvalue weighted by Gasteiger charge is -2.05. The number of alkyl carbamates (subject to hydrolysis) is 1. The van der Waals surface area contributed by atoms with E-state index in [1.165, 1.54) is 18.2 Å². The fourth-order valence-electron chi connectivity index (χ4n) is 1.92. The molecule has 0 aromatic heterocycles. The van der Waals surface area contributed by atoms with Gasteiger partial charge in [-0.15, -0.1) is 0 Å². The average Bonchev–Trinajstić information content (AvgIpc) is 2.61. The van der Waals surface area contributed by atoms with Gasteiger partial charge in [-0.3, -0.25) is 4.79 Å². The molecular weight excluding hydrogens is 309 g/mol. The van der Waals surface area contributed by atoms with Crippen molar-refractivity contribution in [1.29, 1.82) is 0 Å². The highest BCUT2D eigenvalue weighted by molar-refractivity contribution is 5.79. The zero-order valence-electron chi connectivity index (χ0n) is 12.9. The first-order chi connectivity index (χ1) is 11.7. The fraction of sp³-hybridized carbons (Fsp3) is 0.158. The van der Waals surface area contributed by atoms with E-state index in [2.05, 4.69) is 17.2 Å². The van der Waals surface area contributed by atoms with Gasteiger partial charge < -0.3 is 10.1 Å². The topological polar surface area (TPSA) is 55.4 Å². The zero-order valence-corrected chi connectivity index (χ0v) is 12.9. The van der Waals surface area contributed by atoms with Crippen LogP contribution in [-0.2, 0) is 11.3 Å². The zero-order chi connectivity index (χ0) is 17.2. The second kappa shape index (κ2) is 9.11. The number of nitrogens with one attached hydrogen (secondary N) is 1. The van der Waals surface area contributed by atoms with E-state index in [-0.39, 0.29) is 24.3 Å². The van der Waals surface area contributed by atoms with Gasteiger partial charge in [0.15, 0.2) is 6.29 Å². The summed E-state index contributed by atoms with van der Waals surface area (Å²) in [4.78, 5) is 22.4. The number of carbonyl (C=O) groups excluding carboxylic acids is 2. The minimum atomic E-state index is -0.542. The maximum atomic E-state index is 13.6. The summed E-state index contributed by atoms with van der Waals surface area (Å²) >= 11 is 0. The minimum absolute atomic E-state index is 0.0687. The van der Waals surface area contributed by atoms with Crippen LogP contribution in [0, 0.1) is 17.7 Å². The number of hydrogen-bond donors (Lipinski definition) is 1. The molecule has 2 aromatic carbocycles. The monoisotopic (exact) mass is 325 g/mol. The van der Waals surface area contributed by atoms with Crippen LogP contribution in [0.25, 0.3) is 0 Å². The van der Waals surface area contributed by atoms with Crippen LogP contribution in [0.4, 0.5) is 9.18 Å². The third-order valence-electron chi connectivity index (χ3n) is 3.12. The van der Waals surface area contributed by atoms with Crippen LogP contribution in [0.5, 0.6) is 0 Å². The van der Waals surface area contributed by atoms with Crippen molar-refractivity contribution in [2.45, 2.75) is 13.0 Å². The molecule has 122 valence electrons. The van der Waals surface area contributed by atoms with Crippen molar-refractivity contribution in [2.75, 3.05) is 6.54 Å². The van der Waals surface area contributed by atoms with Gasteiger partial charge in [0.25, 0.3) is 0 Å². The third kappa shape index (κ3) is 5.25. The van der Waals surface area contributed by atoms with Crippen molar-refractivity contribution < 1.29 is 18.7 Å². The molecule has 1 amide bonds. The molecule has 0 aliphatic rings. The van der Waals surface area contributed by atoms with Crippen molar-refractivity contribution in [2.24, 2.45) is 0 Å². The van der Waals surface area contributed by atoms with E-state index in [4.69, 9.17) is 4.74 Å². The van der Waals surface area contributed by atoms with Crippen molar-refractivity contribution in [3.63, 3.8) is 0 Å². The van der Waals surface area contributed by atoms with Crippen molar-refractivity contribution in [1.82, 2.24) is 5.32 Å². The molecule has 2 rings (SSSR count). The van der Waals surface area contributed by atoms with Gasteiger partial charge in [0.1, 0.15) is 12.4 Å². The highest BCUT2D eigenvalue weighted by atomic mass is 19.1. The molecule has 0 atom stereocenters. The van der Waals surface area contributed by atoms with Gasteiger partial charge in [-0.1, -0.05) is 54.3 Å². The standard InChI is InChI=1S/C19H16FNO3/c20-18-11-6-9-16(13-22)17(18)10-4-5-12-21-19(23)24-14-15-7-2-1-3-8-15/h1-3,6-9,11,13H,5,12,14H2,(H,21,23). The number of carbonyl (C=O) groups is 2. The van der Waals surface area contributed by atoms with E-state index in [9.17, 15) is 14.0 Å². The first-order valence-electron chi connectivity index (χ1n) is 7.38. The van der Waals surface area contributed by atoms with E-state index in [0.29, 0.717) is 12.7 Å². The van der Waals surface area contributed by atoms with Gasteiger partial charge in [0, 0.05) is 18.5 Å². The van der Waals surface area contributed by atoms with Gasteiger partial charge in [-0.05, 0) is 11.6 Å². The Morgan fingerprint density at radius 3 is 2.71 bits per heavy atom. The van der Waals surface area contributed by atoms with Gasteiger partial charge in [-0.25, -0.2) is 9.18 Å². The average molecular weight is 325 g/mol. The SMILES string of the molecule is O=Cc1cccc(F)c1C#CCCNC(=O)OCc1ccccc1. The lowest BCUT2D eigenvalue weighted by atomic mass is 10.1. The van der Waals surface area contributed by atoms with Crippen molar-refractivity contribution in [3.05, 3.63) is 71.0 Å². The van der Waals surface area contributed by atoms with Crippen LogP contribution in [0.15, 0.2) is 48.5 Å². The van der Waals surface area contributed by atoms with Gasteiger partial charge in [0.2, 0.25) is 0 Å². The second-order valence-electron chi connectivity index (χ2n) is 4.86. The molecule has 0 bridgehead atoms. The summed E-state index contributed by atoms with van der Waals surface area (Å²) in [6.07, 6.45) is 0.333. The highest BCUT2D eigenvalue weighted by Crippen LogP contribution is 2.10. The molecule has 1 N–H and O–H groups in total. The summed E-state index contributed by atoms with van der Waals surface area (Å²) in [5.74, 6) is 4.80. The molecule has 24 heavy (non-hydrogen) atoms. The molecule has 0 spiro atoms. The molecule has 0 saturated heterocycles.